The van der Waals surface area contributed by atoms with Crippen molar-refractivity contribution in [2.75, 3.05) is 4.90 Å². The maximum atomic E-state index is 2.95. The third-order valence-electron chi connectivity index (χ3n) is 6.00. The molecule has 0 bridgehead atoms. The predicted molar refractivity (Wildman–Crippen MR) is 109 cm³/mol. The molecule has 4 rings (SSSR count). The minimum Gasteiger partial charge on any atom is -0.361 e. The molecule has 1 atom stereocenters. The molecule has 126 valence electrons. The molecule has 2 aromatic carbocycles. The Morgan fingerprint density at radius 1 is 0.917 bits per heavy atom. The zero-order chi connectivity index (χ0) is 17.1. The Morgan fingerprint density at radius 2 is 1.58 bits per heavy atom. The van der Waals surface area contributed by atoms with Crippen molar-refractivity contribution >= 4 is 20.2 Å². The number of hydrogen-bond donors (Lipinski definition) is 0. The minimum atomic E-state index is 0.201. The van der Waals surface area contributed by atoms with Crippen LogP contribution in [0.4, 0.5) is 5.69 Å². The first-order valence-electron chi connectivity index (χ1n) is 9.11. The van der Waals surface area contributed by atoms with Crippen LogP contribution >= 0.6 is 9.24 Å². The van der Waals surface area contributed by atoms with Crippen LogP contribution in [0.5, 0.6) is 0 Å². The number of nitrogens with zero attached hydrogens (tertiary/aromatic N) is 1. The van der Waals surface area contributed by atoms with Crippen LogP contribution in [0.15, 0.2) is 36.4 Å². The van der Waals surface area contributed by atoms with Crippen molar-refractivity contribution in [3.05, 3.63) is 47.5 Å². The van der Waals surface area contributed by atoms with E-state index in [1.807, 2.05) is 0 Å². The molecule has 0 spiro atoms. The van der Waals surface area contributed by atoms with Crippen molar-refractivity contribution in [2.24, 2.45) is 0 Å². The minimum absolute atomic E-state index is 0.201. The summed E-state index contributed by atoms with van der Waals surface area (Å²) in [5.74, 6) is 0. The summed E-state index contributed by atoms with van der Waals surface area (Å²) in [6.07, 6.45) is 4.91. The molecule has 0 saturated carbocycles. The first kappa shape index (κ1) is 16.2. The molecule has 0 N–H and O–H groups in total. The second-order valence-corrected chi connectivity index (χ2v) is 9.30. The lowest BCUT2D eigenvalue weighted by atomic mass is 9.78. The van der Waals surface area contributed by atoms with Gasteiger partial charge in [-0.05, 0) is 80.6 Å². The van der Waals surface area contributed by atoms with Crippen LogP contribution < -0.4 is 10.2 Å². The molecule has 1 fully saturated rings. The van der Waals surface area contributed by atoms with Crippen molar-refractivity contribution in [3.8, 4) is 11.1 Å². The van der Waals surface area contributed by atoms with E-state index in [2.05, 4.69) is 78.2 Å². The Labute approximate surface area is 148 Å². The van der Waals surface area contributed by atoms with Crippen LogP contribution in [0.2, 0.25) is 0 Å². The van der Waals surface area contributed by atoms with Crippen molar-refractivity contribution < 1.29 is 0 Å². The Kier molecular flexibility index (Phi) is 3.59. The maximum Gasteiger partial charge on any atom is 0.0417 e. The van der Waals surface area contributed by atoms with E-state index >= 15 is 0 Å². The topological polar surface area (TPSA) is 3.24 Å². The molecule has 2 aliphatic rings. The molecule has 0 amide bonds. The van der Waals surface area contributed by atoms with Gasteiger partial charge in [0.25, 0.3) is 0 Å². The van der Waals surface area contributed by atoms with Gasteiger partial charge in [-0.2, -0.15) is 0 Å². The molecule has 2 aromatic rings. The summed E-state index contributed by atoms with van der Waals surface area (Å²) in [4.78, 5) is 2.72. The lowest BCUT2D eigenvalue weighted by Gasteiger charge is -2.55. The second kappa shape index (κ2) is 5.33. The van der Waals surface area contributed by atoms with Gasteiger partial charge in [0.1, 0.15) is 0 Å². The van der Waals surface area contributed by atoms with E-state index < -0.39 is 0 Å². The quantitative estimate of drug-likeness (QED) is 0.544. The van der Waals surface area contributed by atoms with Gasteiger partial charge in [0, 0.05) is 23.2 Å². The highest BCUT2D eigenvalue weighted by atomic mass is 31.0. The fourth-order valence-corrected chi connectivity index (χ4v) is 5.54. The molecule has 1 saturated heterocycles. The van der Waals surface area contributed by atoms with Gasteiger partial charge in [0.15, 0.2) is 0 Å². The third kappa shape index (κ3) is 2.32. The molecule has 1 nitrogen and oxygen atoms in total. The molecule has 1 unspecified atom stereocenters. The van der Waals surface area contributed by atoms with Gasteiger partial charge in [-0.15, -0.1) is 9.24 Å². The Morgan fingerprint density at radius 3 is 2.29 bits per heavy atom. The molecule has 1 aliphatic carbocycles. The number of anilines is 1. The molecule has 2 heteroatoms. The van der Waals surface area contributed by atoms with Crippen molar-refractivity contribution in [2.45, 2.75) is 64.5 Å². The van der Waals surface area contributed by atoms with Crippen LogP contribution in [0.1, 0.15) is 58.1 Å². The highest BCUT2D eigenvalue weighted by Gasteiger charge is 2.42. The zero-order valence-corrected chi connectivity index (χ0v) is 16.5. The molecule has 1 heterocycles. The number of piperidine rings is 1. The Balaban J connectivity index is 1.93. The summed E-state index contributed by atoms with van der Waals surface area (Å²) < 4.78 is 0. The number of benzene rings is 2. The van der Waals surface area contributed by atoms with Gasteiger partial charge in [-0.3, -0.25) is 0 Å². The van der Waals surface area contributed by atoms with Crippen LogP contribution in [-0.4, -0.2) is 11.1 Å². The van der Waals surface area contributed by atoms with Crippen LogP contribution in [-0.2, 0) is 6.42 Å². The summed E-state index contributed by atoms with van der Waals surface area (Å²) in [6.45, 7) is 9.65. The van der Waals surface area contributed by atoms with Gasteiger partial charge >= 0.3 is 0 Å². The standard InChI is InChI=1S/C22H28NP/c1-21(2)12-7-13-22(3,4)23(21)18-10-11-19(24)20-16-9-6-5-8-15(16)14-17(18)20/h5-6,8-11H,7,12-14,24H2,1-4H3. The van der Waals surface area contributed by atoms with Gasteiger partial charge in [-0.25, -0.2) is 0 Å². The number of rotatable bonds is 1. The summed E-state index contributed by atoms with van der Waals surface area (Å²) in [7, 11) is 2.95. The van der Waals surface area contributed by atoms with Gasteiger partial charge in [-0.1, -0.05) is 30.3 Å². The summed E-state index contributed by atoms with van der Waals surface area (Å²) >= 11 is 0. The van der Waals surface area contributed by atoms with E-state index in [0.717, 1.165) is 6.42 Å². The van der Waals surface area contributed by atoms with Gasteiger partial charge < -0.3 is 4.90 Å². The largest absolute Gasteiger partial charge is 0.361 e. The SMILES string of the molecule is CC1(C)CCCC(C)(C)N1c1ccc(P)c2c1Cc1ccccc1-2. The van der Waals surface area contributed by atoms with Crippen molar-refractivity contribution in [1.29, 1.82) is 0 Å². The second-order valence-electron chi connectivity index (χ2n) is 8.68. The van der Waals surface area contributed by atoms with E-state index in [1.54, 1.807) is 0 Å². The number of hydrogen-bond acceptors (Lipinski definition) is 1. The molecule has 24 heavy (non-hydrogen) atoms. The first-order valence-corrected chi connectivity index (χ1v) is 9.69. The average Bonchev–Trinajstić information content (AvgIpc) is 2.88. The normalized spacial score (nSPS) is 20.6. The average molecular weight is 337 g/mol. The van der Waals surface area contributed by atoms with E-state index in [9.17, 15) is 0 Å². The summed E-state index contributed by atoms with van der Waals surface area (Å²) in [6, 6.07) is 13.6. The third-order valence-corrected chi connectivity index (χ3v) is 6.48. The number of fused-ring (bicyclic) bond motifs is 3. The fraction of sp³-hybridized carbons (Fsp3) is 0.455. The maximum absolute atomic E-state index is 2.95. The van der Waals surface area contributed by atoms with E-state index in [-0.39, 0.29) is 11.1 Å². The highest BCUT2D eigenvalue weighted by Crippen LogP contribution is 2.47. The Bertz CT molecular complexity index is 788. The van der Waals surface area contributed by atoms with Gasteiger partial charge in [0.05, 0.1) is 0 Å². The summed E-state index contributed by atoms with van der Waals surface area (Å²) in [5.41, 5.74) is 7.71. The summed E-state index contributed by atoms with van der Waals surface area (Å²) in [5, 5.41) is 1.33. The highest BCUT2D eigenvalue weighted by molar-refractivity contribution is 7.28. The zero-order valence-electron chi connectivity index (χ0n) is 15.3. The lowest BCUT2D eigenvalue weighted by molar-refractivity contribution is 0.244. The smallest absolute Gasteiger partial charge is 0.0417 e. The molecule has 0 aromatic heterocycles. The monoisotopic (exact) mass is 337 g/mol. The molecule has 1 aliphatic heterocycles. The molecule has 0 radical (unpaired) electrons. The van der Waals surface area contributed by atoms with Crippen molar-refractivity contribution in [1.82, 2.24) is 0 Å². The van der Waals surface area contributed by atoms with Crippen LogP contribution in [0.3, 0.4) is 0 Å². The fourth-order valence-electron chi connectivity index (χ4n) is 5.12. The Hall–Kier alpha value is -1.33. The van der Waals surface area contributed by atoms with E-state index in [4.69, 9.17) is 0 Å². The van der Waals surface area contributed by atoms with Crippen LogP contribution in [0, 0.1) is 0 Å². The lowest BCUT2D eigenvalue weighted by Crippen LogP contribution is -2.59. The molecular weight excluding hydrogens is 309 g/mol. The van der Waals surface area contributed by atoms with Gasteiger partial charge in [0.2, 0.25) is 0 Å². The first-order chi connectivity index (χ1) is 11.3. The van der Waals surface area contributed by atoms with E-state index in [0.29, 0.717) is 0 Å². The van der Waals surface area contributed by atoms with E-state index in [1.165, 1.54) is 52.5 Å². The van der Waals surface area contributed by atoms with Crippen molar-refractivity contribution in [3.63, 3.8) is 0 Å². The predicted octanol–water partition coefficient (Wildman–Crippen LogP) is 5.31. The van der Waals surface area contributed by atoms with Crippen LogP contribution in [0.25, 0.3) is 11.1 Å². The molecular formula is C22H28NP.